The summed E-state index contributed by atoms with van der Waals surface area (Å²) in [5, 5.41) is 9.75. The number of pyridine rings is 1. The van der Waals surface area contributed by atoms with Gasteiger partial charge in [0.25, 0.3) is 0 Å². The van der Waals surface area contributed by atoms with E-state index in [4.69, 9.17) is 34.8 Å². The lowest BCUT2D eigenvalue weighted by Gasteiger charge is -2.10. The summed E-state index contributed by atoms with van der Waals surface area (Å²) < 4.78 is 0.323. The van der Waals surface area contributed by atoms with Crippen molar-refractivity contribution >= 4 is 40.4 Å². The van der Waals surface area contributed by atoms with Crippen molar-refractivity contribution in [3.8, 4) is 17.0 Å². The number of nitrogens with zero attached hydrogens (tertiary/aromatic N) is 2. The van der Waals surface area contributed by atoms with E-state index in [1.165, 1.54) is 0 Å². The van der Waals surface area contributed by atoms with E-state index in [9.17, 15) is 5.11 Å². The van der Waals surface area contributed by atoms with E-state index in [0.29, 0.717) is 11.2 Å². The van der Waals surface area contributed by atoms with Crippen molar-refractivity contribution in [3.63, 3.8) is 0 Å². The predicted molar refractivity (Wildman–Crippen MR) is 81.5 cm³/mol. The average molecular weight is 328 g/mol. The fraction of sp³-hybridized carbons (Fsp3) is 0.0714. The van der Waals surface area contributed by atoms with Crippen molar-refractivity contribution in [3.05, 3.63) is 54.4 Å². The molecule has 6 heteroatoms. The Bertz CT molecular complexity index is 760. The quantitative estimate of drug-likeness (QED) is 0.667. The molecule has 0 bridgehead atoms. The molecule has 1 aromatic carbocycles. The number of hydrogen-bond donors (Lipinski definition) is 1. The molecule has 3 rings (SSSR count). The van der Waals surface area contributed by atoms with Gasteiger partial charge in [-0.15, -0.1) is 0 Å². The third kappa shape index (κ3) is 2.44. The summed E-state index contributed by atoms with van der Waals surface area (Å²) in [4.78, 5) is 4.39. The number of aromatic nitrogens is 2. The zero-order valence-electron chi connectivity index (χ0n) is 10.1. The van der Waals surface area contributed by atoms with Gasteiger partial charge in [-0.25, -0.2) is 4.98 Å². The van der Waals surface area contributed by atoms with Crippen LogP contribution >= 0.6 is 34.8 Å². The highest BCUT2D eigenvalue weighted by Crippen LogP contribution is 2.38. The molecule has 0 spiro atoms. The fourth-order valence-corrected chi connectivity index (χ4v) is 2.35. The number of alkyl halides is 3. The van der Waals surface area contributed by atoms with Crippen molar-refractivity contribution < 1.29 is 5.11 Å². The maximum absolute atomic E-state index is 9.75. The highest BCUT2D eigenvalue weighted by Gasteiger charge is 2.22. The number of halogens is 3. The summed E-state index contributed by atoms with van der Waals surface area (Å²) in [5.74, 6) is 0.136. The van der Waals surface area contributed by atoms with E-state index in [2.05, 4.69) is 4.98 Å². The highest BCUT2D eigenvalue weighted by molar-refractivity contribution is 6.66. The Labute approximate surface area is 130 Å². The van der Waals surface area contributed by atoms with Crippen molar-refractivity contribution in [2.24, 2.45) is 0 Å². The summed E-state index contributed by atoms with van der Waals surface area (Å²) in [7, 11) is 0. The van der Waals surface area contributed by atoms with Crippen LogP contribution in [0.5, 0.6) is 5.75 Å². The Kier molecular flexibility index (Phi) is 3.28. The van der Waals surface area contributed by atoms with Gasteiger partial charge < -0.3 is 9.51 Å². The molecule has 1 N–H and O–H groups in total. The smallest absolute Gasteiger partial charge is 0.216 e. The summed E-state index contributed by atoms with van der Waals surface area (Å²) in [5.41, 5.74) is 2.72. The number of imidazole rings is 1. The summed E-state index contributed by atoms with van der Waals surface area (Å²) >= 11 is 17.5. The molecular weight excluding hydrogens is 319 g/mol. The van der Waals surface area contributed by atoms with E-state index in [0.717, 1.165) is 11.3 Å². The van der Waals surface area contributed by atoms with Gasteiger partial charge in [-0.1, -0.05) is 59.1 Å². The number of fused-ring (bicyclic) bond motifs is 1. The summed E-state index contributed by atoms with van der Waals surface area (Å²) in [6, 6.07) is 10.5. The van der Waals surface area contributed by atoms with Crippen LogP contribution in [0.2, 0.25) is 0 Å². The molecule has 0 atom stereocenters. The van der Waals surface area contributed by atoms with E-state index in [1.807, 2.05) is 24.5 Å². The van der Waals surface area contributed by atoms with Gasteiger partial charge in [-0.3, -0.25) is 0 Å². The van der Waals surface area contributed by atoms with Gasteiger partial charge >= 0.3 is 0 Å². The first kappa shape index (κ1) is 13.6. The SMILES string of the molecule is Oc1cccn2cc(-c3ccc(C(Cl)(Cl)Cl)cc3)nc12. The largest absolute Gasteiger partial charge is 0.504 e. The lowest BCUT2D eigenvalue weighted by atomic mass is 10.1. The monoisotopic (exact) mass is 326 g/mol. The molecule has 3 nitrogen and oxygen atoms in total. The standard InChI is InChI=1S/C14H9Cl3N2O/c15-14(16,17)10-5-3-9(4-6-10)11-8-19-7-1-2-12(20)13(19)18-11/h1-8,20H. The van der Waals surface area contributed by atoms with Gasteiger partial charge in [-0.05, 0) is 12.1 Å². The molecular formula is C14H9Cl3N2O. The lowest BCUT2D eigenvalue weighted by molar-refractivity contribution is 0.477. The zero-order valence-corrected chi connectivity index (χ0v) is 12.4. The molecule has 0 aliphatic heterocycles. The molecule has 0 amide bonds. The summed E-state index contributed by atoms with van der Waals surface area (Å²) in [6.07, 6.45) is 3.65. The van der Waals surface area contributed by atoms with Gasteiger partial charge in [0, 0.05) is 23.5 Å². The number of rotatable bonds is 1. The molecule has 0 radical (unpaired) electrons. The Morgan fingerprint density at radius 3 is 2.35 bits per heavy atom. The third-order valence-corrected chi connectivity index (χ3v) is 3.62. The van der Waals surface area contributed by atoms with Crippen molar-refractivity contribution in [1.82, 2.24) is 9.38 Å². The highest BCUT2D eigenvalue weighted by atomic mass is 35.6. The minimum absolute atomic E-state index is 0.136. The van der Waals surface area contributed by atoms with Crippen LogP contribution in [0.4, 0.5) is 0 Å². The van der Waals surface area contributed by atoms with Crippen LogP contribution in [-0.2, 0) is 3.79 Å². The van der Waals surface area contributed by atoms with Crippen LogP contribution in [0.25, 0.3) is 16.9 Å². The Hall–Kier alpha value is -1.42. The fourth-order valence-electron chi connectivity index (χ4n) is 1.97. The normalized spacial score (nSPS) is 11.9. The van der Waals surface area contributed by atoms with Gasteiger partial charge in [0.2, 0.25) is 3.79 Å². The van der Waals surface area contributed by atoms with Crippen LogP contribution in [-0.4, -0.2) is 14.5 Å². The molecule has 20 heavy (non-hydrogen) atoms. The van der Waals surface area contributed by atoms with Crippen LogP contribution in [0, 0.1) is 0 Å². The van der Waals surface area contributed by atoms with Crippen LogP contribution in [0.3, 0.4) is 0 Å². The number of aromatic hydroxyl groups is 1. The molecule has 0 saturated heterocycles. The molecule has 0 saturated carbocycles. The maximum atomic E-state index is 9.75. The molecule has 0 aliphatic rings. The Morgan fingerprint density at radius 1 is 1.05 bits per heavy atom. The molecule has 0 fully saturated rings. The minimum atomic E-state index is -1.43. The lowest BCUT2D eigenvalue weighted by Crippen LogP contribution is -1.98. The van der Waals surface area contributed by atoms with Crippen molar-refractivity contribution in [2.45, 2.75) is 3.79 Å². The number of benzene rings is 1. The van der Waals surface area contributed by atoms with E-state index in [1.54, 1.807) is 28.7 Å². The van der Waals surface area contributed by atoms with Crippen LogP contribution in [0.15, 0.2) is 48.8 Å². The molecule has 102 valence electrons. The first-order valence-corrected chi connectivity index (χ1v) is 6.93. The second-order valence-corrected chi connectivity index (χ2v) is 6.61. The molecule has 2 aromatic heterocycles. The zero-order chi connectivity index (χ0) is 14.3. The van der Waals surface area contributed by atoms with Gasteiger partial charge in [0.05, 0.1) is 5.69 Å². The van der Waals surface area contributed by atoms with Gasteiger partial charge in [-0.2, -0.15) is 0 Å². The Balaban J connectivity index is 2.05. The van der Waals surface area contributed by atoms with Crippen LogP contribution < -0.4 is 0 Å². The average Bonchev–Trinajstić information content (AvgIpc) is 2.83. The van der Waals surface area contributed by atoms with Crippen LogP contribution in [0.1, 0.15) is 5.56 Å². The number of hydrogen-bond acceptors (Lipinski definition) is 2. The van der Waals surface area contributed by atoms with Crippen molar-refractivity contribution in [2.75, 3.05) is 0 Å². The summed E-state index contributed by atoms with van der Waals surface area (Å²) in [6.45, 7) is 0. The van der Waals surface area contributed by atoms with Gasteiger partial charge in [0.1, 0.15) is 0 Å². The first-order valence-electron chi connectivity index (χ1n) is 5.79. The second-order valence-electron chi connectivity index (χ2n) is 4.33. The topological polar surface area (TPSA) is 37.5 Å². The molecule has 3 aromatic rings. The van der Waals surface area contributed by atoms with Crippen molar-refractivity contribution in [1.29, 1.82) is 0 Å². The minimum Gasteiger partial charge on any atom is -0.504 e. The molecule has 0 unspecified atom stereocenters. The second kappa shape index (κ2) is 4.85. The predicted octanol–water partition coefficient (Wildman–Crippen LogP) is 4.53. The third-order valence-electron chi connectivity index (χ3n) is 2.97. The Morgan fingerprint density at radius 2 is 1.75 bits per heavy atom. The van der Waals surface area contributed by atoms with E-state index in [-0.39, 0.29) is 5.75 Å². The maximum Gasteiger partial charge on any atom is 0.216 e. The van der Waals surface area contributed by atoms with E-state index < -0.39 is 3.79 Å². The molecule has 2 heterocycles. The van der Waals surface area contributed by atoms with Gasteiger partial charge in [0.15, 0.2) is 11.4 Å². The molecule has 0 aliphatic carbocycles. The van der Waals surface area contributed by atoms with E-state index >= 15 is 0 Å². The first-order chi connectivity index (χ1) is 9.45.